The van der Waals surface area contributed by atoms with E-state index in [9.17, 15) is 4.79 Å². The highest BCUT2D eigenvalue weighted by Gasteiger charge is 2.34. The van der Waals surface area contributed by atoms with Gasteiger partial charge in [0.05, 0.1) is 6.04 Å². The molecule has 1 aliphatic carbocycles. The number of fused-ring (bicyclic) bond motifs is 1. The van der Waals surface area contributed by atoms with Crippen molar-refractivity contribution in [3.8, 4) is 0 Å². The Balaban J connectivity index is 1.81. The molecule has 18 heavy (non-hydrogen) atoms. The SMILES string of the molecule is CCCC(C)NC(=O)C1CCC2CCCCC2N1. The predicted octanol–water partition coefficient (Wildman–Crippen LogP) is 2.60. The number of carbonyl (C=O) groups is 1. The van der Waals surface area contributed by atoms with Crippen molar-refractivity contribution in [1.29, 1.82) is 0 Å². The summed E-state index contributed by atoms with van der Waals surface area (Å²) in [5.41, 5.74) is 0. The first-order valence-corrected chi connectivity index (χ1v) is 7.77. The normalized spacial score (nSPS) is 33.6. The van der Waals surface area contributed by atoms with Crippen molar-refractivity contribution < 1.29 is 4.79 Å². The molecule has 4 unspecified atom stereocenters. The van der Waals surface area contributed by atoms with Gasteiger partial charge < -0.3 is 10.6 Å². The summed E-state index contributed by atoms with van der Waals surface area (Å²) in [6, 6.07) is 0.974. The van der Waals surface area contributed by atoms with Crippen LogP contribution in [-0.4, -0.2) is 24.0 Å². The fourth-order valence-electron chi connectivity index (χ4n) is 3.55. The van der Waals surface area contributed by atoms with Gasteiger partial charge in [-0.15, -0.1) is 0 Å². The van der Waals surface area contributed by atoms with Crippen molar-refractivity contribution in [1.82, 2.24) is 10.6 Å². The second-order valence-corrected chi connectivity index (χ2v) is 6.15. The zero-order chi connectivity index (χ0) is 13.0. The maximum Gasteiger partial charge on any atom is 0.237 e. The topological polar surface area (TPSA) is 41.1 Å². The summed E-state index contributed by atoms with van der Waals surface area (Å²) in [5.74, 6) is 1.05. The summed E-state index contributed by atoms with van der Waals surface area (Å²) in [6.07, 6.45) is 9.79. The smallest absolute Gasteiger partial charge is 0.237 e. The highest BCUT2D eigenvalue weighted by atomic mass is 16.2. The molecule has 0 radical (unpaired) electrons. The average molecular weight is 252 g/mol. The number of carbonyl (C=O) groups excluding carboxylic acids is 1. The molecule has 1 saturated carbocycles. The third-order valence-electron chi connectivity index (χ3n) is 4.58. The monoisotopic (exact) mass is 252 g/mol. The zero-order valence-corrected chi connectivity index (χ0v) is 11.9. The van der Waals surface area contributed by atoms with Crippen LogP contribution in [0.3, 0.4) is 0 Å². The first kappa shape index (κ1) is 13.9. The van der Waals surface area contributed by atoms with Crippen molar-refractivity contribution >= 4 is 5.91 Å². The molecular formula is C15H28N2O. The molecule has 1 heterocycles. The van der Waals surface area contributed by atoms with E-state index in [1.54, 1.807) is 0 Å². The quantitative estimate of drug-likeness (QED) is 0.807. The van der Waals surface area contributed by atoms with Gasteiger partial charge in [-0.25, -0.2) is 0 Å². The van der Waals surface area contributed by atoms with E-state index in [1.165, 1.54) is 32.1 Å². The molecule has 0 aromatic carbocycles. The highest BCUT2D eigenvalue weighted by molar-refractivity contribution is 5.82. The van der Waals surface area contributed by atoms with Crippen LogP contribution >= 0.6 is 0 Å². The Kier molecular flexibility index (Phi) is 5.04. The fraction of sp³-hybridized carbons (Fsp3) is 0.933. The van der Waals surface area contributed by atoms with Crippen molar-refractivity contribution in [3.05, 3.63) is 0 Å². The van der Waals surface area contributed by atoms with Crippen LogP contribution in [-0.2, 0) is 4.79 Å². The Morgan fingerprint density at radius 3 is 2.83 bits per heavy atom. The molecule has 104 valence electrons. The zero-order valence-electron chi connectivity index (χ0n) is 11.9. The Hall–Kier alpha value is -0.570. The van der Waals surface area contributed by atoms with Gasteiger partial charge in [0.15, 0.2) is 0 Å². The van der Waals surface area contributed by atoms with Gasteiger partial charge in [0.25, 0.3) is 0 Å². The molecule has 2 N–H and O–H groups in total. The van der Waals surface area contributed by atoms with Crippen LogP contribution in [0.25, 0.3) is 0 Å². The fourth-order valence-corrected chi connectivity index (χ4v) is 3.55. The van der Waals surface area contributed by atoms with Crippen molar-refractivity contribution in [2.45, 2.75) is 83.3 Å². The highest BCUT2D eigenvalue weighted by Crippen LogP contribution is 2.32. The minimum Gasteiger partial charge on any atom is -0.352 e. The lowest BCUT2D eigenvalue weighted by Crippen LogP contribution is -2.55. The number of piperidine rings is 1. The van der Waals surface area contributed by atoms with E-state index in [2.05, 4.69) is 24.5 Å². The summed E-state index contributed by atoms with van der Waals surface area (Å²) in [7, 11) is 0. The molecule has 4 atom stereocenters. The van der Waals surface area contributed by atoms with E-state index in [4.69, 9.17) is 0 Å². The Labute approximate surface area is 111 Å². The lowest BCUT2D eigenvalue weighted by Gasteiger charge is -2.40. The Morgan fingerprint density at radius 2 is 2.06 bits per heavy atom. The molecule has 0 spiro atoms. The molecule has 3 nitrogen and oxygen atoms in total. The molecular weight excluding hydrogens is 224 g/mol. The number of hydrogen-bond donors (Lipinski definition) is 2. The number of rotatable bonds is 4. The van der Waals surface area contributed by atoms with Crippen molar-refractivity contribution in [3.63, 3.8) is 0 Å². The number of amides is 1. The molecule has 1 saturated heterocycles. The van der Waals surface area contributed by atoms with E-state index in [0.717, 1.165) is 25.2 Å². The molecule has 1 amide bonds. The molecule has 2 fully saturated rings. The summed E-state index contributed by atoms with van der Waals surface area (Å²) in [5, 5.41) is 6.74. The lowest BCUT2D eigenvalue weighted by atomic mass is 9.77. The van der Waals surface area contributed by atoms with Crippen LogP contribution < -0.4 is 10.6 Å². The van der Waals surface area contributed by atoms with Crippen LogP contribution in [0.15, 0.2) is 0 Å². The van der Waals surface area contributed by atoms with Gasteiger partial charge in [-0.2, -0.15) is 0 Å². The van der Waals surface area contributed by atoms with E-state index in [0.29, 0.717) is 12.1 Å². The third kappa shape index (κ3) is 3.47. The minimum absolute atomic E-state index is 0.0589. The standard InChI is InChI=1S/C15H28N2O/c1-3-6-11(2)16-15(18)14-10-9-12-7-4-5-8-13(12)17-14/h11-14,17H,3-10H2,1-2H3,(H,16,18). The third-order valence-corrected chi connectivity index (χ3v) is 4.58. The molecule has 0 bridgehead atoms. The Morgan fingerprint density at radius 1 is 1.28 bits per heavy atom. The first-order chi connectivity index (χ1) is 8.70. The maximum atomic E-state index is 12.2. The van der Waals surface area contributed by atoms with E-state index < -0.39 is 0 Å². The molecule has 2 aliphatic rings. The largest absolute Gasteiger partial charge is 0.352 e. The Bertz CT molecular complexity index is 280. The second-order valence-electron chi connectivity index (χ2n) is 6.15. The molecule has 0 aromatic rings. The first-order valence-electron chi connectivity index (χ1n) is 7.77. The van der Waals surface area contributed by atoms with Gasteiger partial charge in [0.1, 0.15) is 0 Å². The molecule has 2 rings (SSSR count). The lowest BCUT2D eigenvalue weighted by molar-refractivity contribution is -0.125. The summed E-state index contributed by atoms with van der Waals surface area (Å²) in [6.45, 7) is 4.27. The maximum absolute atomic E-state index is 12.2. The van der Waals surface area contributed by atoms with Gasteiger partial charge in [-0.05, 0) is 44.9 Å². The van der Waals surface area contributed by atoms with Gasteiger partial charge in [-0.3, -0.25) is 4.79 Å². The second kappa shape index (κ2) is 6.55. The van der Waals surface area contributed by atoms with Gasteiger partial charge in [0, 0.05) is 12.1 Å². The van der Waals surface area contributed by atoms with E-state index in [-0.39, 0.29) is 11.9 Å². The van der Waals surface area contributed by atoms with Crippen LogP contribution in [0.1, 0.15) is 65.2 Å². The van der Waals surface area contributed by atoms with Gasteiger partial charge in [-0.1, -0.05) is 26.2 Å². The number of hydrogen-bond acceptors (Lipinski definition) is 2. The average Bonchev–Trinajstić information content (AvgIpc) is 2.38. The van der Waals surface area contributed by atoms with Gasteiger partial charge >= 0.3 is 0 Å². The van der Waals surface area contributed by atoms with E-state index >= 15 is 0 Å². The molecule has 3 heteroatoms. The summed E-state index contributed by atoms with van der Waals surface area (Å²) >= 11 is 0. The van der Waals surface area contributed by atoms with E-state index in [1.807, 2.05) is 0 Å². The minimum atomic E-state index is 0.0589. The predicted molar refractivity (Wildman–Crippen MR) is 74.4 cm³/mol. The van der Waals surface area contributed by atoms with Crippen LogP contribution in [0, 0.1) is 5.92 Å². The summed E-state index contributed by atoms with van der Waals surface area (Å²) in [4.78, 5) is 12.2. The summed E-state index contributed by atoms with van der Waals surface area (Å²) < 4.78 is 0. The van der Waals surface area contributed by atoms with Crippen LogP contribution in [0.2, 0.25) is 0 Å². The van der Waals surface area contributed by atoms with Crippen LogP contribution in [0.4, 0.5) is 0 Å². The number of nitrogens with one attached hydrogen (secondary N) is 2. The molecule has 1 aliphatic heterocycles. The van der Waals surface area contributed by atoms with Gasteiger partial charge in [0.2, 0.25) is 5.91 Å². The van der Waals surface area contributed by atoms with Crippen molar-refractivity contribution in [2.75, 3.05) is 0 Å². The molecule has 0 aromatic heterocycles. The van der Waals surface area contributed by atoms with Crippen LogP contribution in [0.5, 0.6) is 0 Å². The van der Waals surface area contributed by atoms with Crippen molar-refractivity contribution in [2.24, 2.45) is 5.92 Å².